The van der Waals surface area contributed by atoms with Crippen LogP contribution in [0.3, 0.4) is 0 Å². The fourth-order valence-corrected chi connectivity index (χ4v) is 3.64. The first-order chi connectivity index (χ1) is 15.0. The second-order valence-electron chi connectivity index (χ2n) is 6.97. The Hall–Kier alpha value is -3.71. The summed E-state index contributed by atoms with van der Waals surface area (Å²) in [5.74, 6) is -0.782. The van der Waals surface area contributed by atoms with E-state index in [2.05, 4.69) is 15.5 Å². The summed E-state index contributed by atoms with van der Waals surface area (Å²) in [5, 5.41) is 11.3. The normalized spacial score (nSPS) is 10.8. The van der Waals surface area contributed by atoms with Crippen LogP contribution in [-0.2, 0) is 11.3 Å². The second kappa shape index (κ2) is 8.57. The number of hydrogen-bond donors (Lipinski definition) is 1. The third kappa shape index (κ3) is 4.13. The number of ketones is 1. The molecular weight excluding hydrogens is 416 g/mol. The van der Waals surface area contributed by atoms with Crippen molar-refractivity contribution >= 4 is 39.9 Å². The number of carbonyl (C=O) groups excluding carboxylic acids is 2. The first-order valence-electron chi connectivity index (χ1n) is 9.51. The zero-order valence-electron chi connectivity index (χ0n) is 16.9. The van der Waals surface area contributed by atoms with Crippen LogP contribution in [0, 0.1) is 6.92 Å². The van der Waals surface area contributed by atoms with E-state index in [1.807, 2.05) is 47.9 Å². The van der Waals surface area contributed by atoms with Crippen LogP contribution >= 0.6 is 11.6 Å². The number of carbonyl (C=O) groups is 2. The first-order valence-corrected chi connectivity index (χ1v) is 9.89. The Kier molecular flexibility index (Phi) is 5.68. The van der Waals surface area contributed by atoms with Crippen LogP contribution in [0.2, 0.25) is 5.02 Å². The van der Waals surface area contributed by atoms with Crippen molar-refractivity contribution in [3.63, 3.8) is 0 Å². The number of ether oxygens (including phenoxy) is 1. The SMILES string of the molecule is COc1ccc2c(c1)c(C(=O)C(=O)Nc1ccnnc1)c(C)n2Cc1ccc(Cl)cc1. The standard InChI is InChI=1S/C23H19ClN4O3/c1-14-21(22(29)23(30)27-17-9-10-25-26-12-17)19-11-18(31-2)7-8-20(19)28(14)13-15-3-5-16(24)6-4-15/h3-12H,13H2,1-2H3,(H,25,27,30). The van der Waals surface area contributed by atoms with E-state index >= 15 is 0 Å². The summed E-state index contributed by atoms with van der Waals surface area (Å²) in [7, 11) is 1.56. The van der Waals surface area contributed by atoms with Crippen molar-refractivity contribution in [2.75, 3.05) is 12.4 Å². The minimum atomic E-state index is -0.746. The van der Waals surface area contributed by atoms with Crippen LogP contribution in [0.5, 0.6) is 5.75 Å². The average Bonchev–Trinajstić information content (AvgIpc) is 3.05. The van der Waals surface area contributed by atoms with Crippen molar-refractivity contribution in [1.29, 1.82) is 0 Å². The van der Waals surface area contributed by atoms with Gasteiger partial charge in [-0.25, -0.2) is 0 Å². The molecule has 31 heavy (non-hydrogen) atoms. The highest BCUT2D eigenvalue weighted by Gasteiger charge is 2.26. The number of halogens is 1. The zero-order valence-corrected chi connectivity index (χ0v) is 17.7. The molecule has 0 radical (unpaired) electrons. The highest BCUT2D eigenvalue weighted by Crippen LogP contribution is 2.31. The minimum absolute atomic E-state index is 0.336. The van der Waals surface area contributed by atoms with Gasteiger partial charge in [-0.3, -0.25) is 9.59 Å². The predicted molar refractivity (Wildman–Crippen MR) is 119 cm³/mol. The largest absolute Gasteiger partial charge is 0.497 e. The van der Waals surface area contributed by atoms with E-state index < -0.39 is 11.7 Å². The quantitative estimate of drug-likeness (QED) is 0.361. The molecule has 1 N–H and O–H groups in total. The monoisotopic (exact) mass is 434 g/mol. The summed E-state index contributed by atoms with van der Waals surface area (Å²) in [5.41, 5.74) is 3.27. The molecule has 0 fully saturated rings. The van der Waals surface area contributed by atoms with E-state index in [0.717, 1.165) is 11.1 Å². The molecule has 0 aliphatic rings. The molecule has 0 unspecified atom stereocenters. The Morgan fingerprint density at radius 3 is 2.55 bits per heavy atom. The summed E-state index contributed by atoms with van der Waals surface area (Å²) < 4.78 is 7.35. The minimum Gasteiger partial charge on any atom is -0.497 e. The lowest BCUT2D eigenvalue weighted by atomic mass is 10.1. The van der Waals surface area contributed by atoms with Crippen LogP contribution in [0.15, 0.2) is 60.9 Å². The van der Waals surface area contributed by atoms with Crippen LogP contribution in [-0.4, -0.2) is 33.6 Å². The number of aromatic nitrogens is 3. The Balaban J connectivity index is 1.78. The fourth-order valence-electron chi connectivity index (χ4n) is 3.52. The molecule has 0 bridgehead atoms. The van der Waals surface area contributed by atoms with Crippen molar-refractivity contribution < 1.29 is 14.3 Å². The number of benzene rings is 2. The summed E-state index contributed by atoms with van der Waals surface area (Å²) in [6.45, 7) is 2.35. The topological polar surface area (TPSA) is 86.1 Å². The molecule has 2 aromatic carbocycles. The van der Waals surface area contributed by atoms with Gasteiger partial charge < -0.3 is 14.6 Å². The maximum atomic E-state index is 13.2. The molecule has 2 heterocycles. The molecule has 7 nitrogen and oxygen atoms in total. The van der Waals surface area contributed by atoms with Gasteiger partial charge in [-0.15, -0.1) is 0 Å². The number of amides is 1. The maximum Gasteiger partial charge on any atom is 0.296 e. The van der Waals surface area contributed by atoms with Gasteiger partial charge in [0.2, 0.25) is 0 Å². The number of anilines is 1. The van der Waals surface area contributed by atoms with Gasteiger partial charge in [-0.2, -0.15) is 10.2 Å². The number of nitrogens with one attached hydrogen (secondary N) is 1. The summed E-state index contributed by atoms with van der Waals surface area (Å²) in [6.07, 6.45) is 2.82. The average molecular weight is 435 g/mol. The Bertz CT molecular complexity index is 1270. The number of hydrogen-bond acceptors (Lipinski definition) is 5. The van der Waals surface area contributed by atoms with Crippen molar-refractivity contribution in [3.8, 4) is 5.75 Å². The molecule has 156 valence electrons. The maximum absolute atomic E-state index is 13.2. The van der Waals surface area contributed by atoms with Gasteiger partial charge in [0.1, 0.15) is 5.75 Å². The number of nitrogens with zero attached hydrogens (tertiary/aromatic N) is 3. The van der Waals surface area contributed by atoms with Gasteiger partial charge in [-0.05, 0) is 48.9 Å². The smallest absolute Gasteiger partial charge is 0.296 e. The molecule has 8 heteroatoms. The first kappa shape index (κ1) is 20.6. The van der Waals surface area contributed by atoms with Crippen LogP contribution in [0.4, 0.5) is 5.69 Å². The molecule has 4 aromatic rings. The molecule has 4 rings (SSSR count). The van der Waals surface area contributed by atoms with Crippen LogP contribution < -0.4 is 10.1 Å². The van der Waals surface area contributed by atoms with E-state index in [9.17, 15) is 9.59 Å². The molecule has 0 aliphatic carbocycles. The van der Waals surface area contributed by atoms with Gasteiger partial charge in [0.05, 0.1) is 30.8 Å². The number of rotatable bonds is 6. The van der Waals surface area contributed by atoms with Gasteiger partial charge >= 0.3 is 0 Å². The molecule has 0 atom stereocenters. The summed E-state index contributed by atoms with van der Waals surface area (Å²) >= 11 is 6.00. The van der Waals surface area contributed by atoms with Crippen molar-refractivity contribution in [1.82, 2.24) is 14.8 Å². The molecular formula is C23H19ClN4O3. The van der Waals surface area contributed by atoms with Gasteiger partial charge in [0, 0.05) is 28.2 Å². The molecule has 2 aromatic heterocycles. The highest BCUT2D eigenvalue weighted by atomic mass is 35.5. The van der Waals surface area contributed by atoms with Gasteiger partial charge in [0.15, 0.2) is 0 Å². The Morgan fingerprint density at radius 1 is 1.10 bits per heavy atom. The zero-order chi connectivity index (χ0) is 22.0. The van der Waals surface area contributed by atoms with E-state index in [-0.39, 0.29) is 0 Å². The predicted octanol–water partition coefficient (Wildman–Crippen LogP) is 4.27. The molecule has 0 saturated heterocycles. The lowest BCUT2D eigenvalue weighted by Gasteiger charge is -2.09. The highest BCUT2D eigenvalue weighted by molar-refractivity contribution is 6.48. The Labute approximate surface area is 183 Å². The van der Waals surface area contributed by atoms with Crippen molar-refractivity contribution in [3.05, 3.63) is 82.8 Å². The van der Waals surface area contributed by atoms with E-state index in [0.29, 0.717) is 39.6 Å². The van der Waals surface area contributed by atoms with E-state index in [1.54, 1.807) is 19.2 Å². The second-order valence-corrected chi connectivity index (χ2v) is 7.41. The number of Topliss-reactive ketones (excluding diaryl/α,β-unsaturated/α-hetero) is 1. The summed E-state index contributed by atoms with van der Waals surface area (Å²) in [4.78, 5) is 25.9. The third-order valence-corrected chi connectivity index (χ3v) is 5.31. The van der Waals surface area contributed by atoms with E-state index in [1.165, 1.54) is 12.4 Å². The van der Waals surface area contributed by atoms with E-state index in [4.69, 9.17) is 16.3 Å². The number of fused-ring (bicyclic) bond motifs is 1. The third-order valence-electron chi connectivity index (χ3n) is 5.06. The lowest BCUT2D eigenvalue weighted by Crippen LogP contribution is -2.23. The van der Waals surface area contributed by atoms with Gasteiger partial charge in [0.25, 0.3) is 11.7 Å². The molecule has 1 amide bonds. The summed E-state index contributed by atoms with van der Waals surface area (Å²) in [6, 6.07) is 14.6. The molecule has 0 spiro atoms. The fraction of sp³-hybridized carbons (Fsp3) is 0.130. The Morgan fingerprint density at radius 2 is 1.87 bits per heavy atom. The van der Waals surface area contributed by atoms with Crippen molar-refractivity contribution in [2.45, 2.75) is 13.5 Å². The van der Waals surface area contributed by atoms with Crippen molar-refractivity contribution in [2.24, 2.45) is 0 Å². The van der Waals surface area contributed by atoms with Crippen LogP contribution in [0.1, 0.15) is 21.6 Å². The molecule has 0 aliphatic heterocycles. The van der Waals surface area contributed by atoms with Crippen LogP contribution in [0.25, 0.3) is 10.9 Å². The molecule has 0 saturated carbocycles. The lowest BCUT2D eigenvalue weighted by molar-refractivity contribution is -0.112. The number of methoxy groups -OCH3 is 1. The van der Waals surface area contributed by atoms with Gasteiger partial charge in [-0.1, -0.05) is 23.7 Å².